The van der Waals surface area contributed by atoms with Gasteiger partial charge in [-0.2, -0.15) is 0 Å². The van der Waals surface area contributed by atoms with E-state index in [-0.39, 0.29) is 11.2 Å². The van der Waals surface area contributed by atoms with Crippen LogP contribution in [0, 0.1) is 0 Å². The third kappa shape index (κ3) is 6.91. The molecular weight excluding hydrogens is 348 g/mol. The number of hydrogen-bond acceptors (Lipinski definition) is 5. The smallest absolute Gasteiger partial charge is 0.488 e. The number of hydrogen-bond donors (Lipinski definition) is 0. The van der Waals surface area contributed by atoms with Gasteiger partial charge in [-0.1, -0.05) is 0 Å². The summed E-state index contributed by atoms with van der Waals surface area (Å²) >= 11 is 0. The third-order valence-electron chi connectivity index (χ3n) is 3.13. The van der Waals surface area contributed by atoms with Gasteiger partial charge in [0, 0.05) is 25.9 Å². The van der Waals surface area contributed by atoms with Crippen molar-refractivity contribution in [1.29, 1.82) is 0 Å². The Balaban J connectivity index is 3.48. The Morgan fingerprint density at radius 1 is 0.731 bits per heavy atom. The lowest BCUT2D eigenvalue weighted by atomic mass is 10.2. The maximum Gasteiger partial charge on any atom is 0.541 e. The molecule has 0 saturated heterocycles. The molecule has 0 fully saturated rings. The van der Waals surface area contributed by atoms with Gasteiger partial charge in [0.25, 0.3) is 0 Å². The standard InChI is InChI=1S/C20H36O5Si/c1-10-21-26(22-11-2,23-12-3)18-14-13-16(24-19(4,5)6)15-17(18)25-20(7,8)9/h13-15H,10-12H2,1-9H3. The fourth-order valence-corrected chi connectivity index (χ4v) is 5.08. The van der Waals surface area contributed by atoms with E-state index in [9.17, 15) is 0 Å². The molecule has 0 spiro atoms. The van der Waals surface area contributed by atoms with Crippen LogP contribution in [0.2, 0.25) is 0 Å². The molecule has 0 aliphatic rings. The predicted molar refractivity (Wildman–Crippen MR) is 107 cm³/mol. The topological polar surface area (TPSA) is 46.2 Å². The highest BCUT2D eigenvalue weighted by molar-refractivity contribution is 6.76. The highest BCUT2D eigenvalue weighted by Crippen LogP contribution is 2.28. The molecule has 26 heavy (non-hydrogen) atoms. The van der Waals surface area contributed by atoms with Gasteiger partial charge in [0.2, 0.25) is 0 Å². The van der Waals surface area contributed by atoms with Crippen molar-refractivity contribution in [3.05, 3.63) is 18.2 Å². The van der Waals surface area contributed by atoms with Crippen LogP contribution in [0.15, 0.2) is 18.2 Å². The van der Waals surface area contributed by atoms with Crippen molar-refractivity contribution < 1.29 is 22.8 Å². The van der Waals surface area contributed by atoms with E-state index in [0.29, 0.717) is 25.6 Å². The fourth-order valence-electron chi connectivity index (χ4n) is 2.52. The summed E-state index contributed by atoms with van der Waals surface area (Å²) in [4.78, 5) is 0. The van der Waals surface area contributed by atoms with E-state index in [1.807, 2.05) is 80.5 Å². The first kappa shape index (κ1) is 23.0. The second kappa shape index (κ2) is 9.22. The first-order valence-electron chi connectivity index (χ1n) is 9.40. The molecule has 0 aliphatic heterocycles. The van der Waals surface area contributed by atoms with Gasteiger partial charge < -0.3 is 22.8 Å². The van der Waals surface area contributed by atoms with Crippen LogP contribution in [0.25, 0.3) is 0 Å². The fraction of sp³-hybridized carbons (Fsp3) is 0.700. The Kier molecular flexibility index (Phi) is 8.14. The molecule has 0 unspecified atom stereocenters. The van der Waals surface area contributed by atoms with E-state index >= 15 is 0 Å². The van der Waals surface area contributed by atoms with Gasteiger partial charge in [0.15, 0.2) is 0 Å². The zero-order chi connectivity index (χ0) is 20.0. The quantitative estimate of drug-likeness (QED) is 0.594. The lowest BCUT2D eigenvalue weighted by Crippen LogP contribution is -2.57. The first-order valence-corrected chi connectivity index (χ1v) is 11.1. The minimum atomic E-state index is -3.08. The summed E-state index contributed by atoms with van der Waals surface area (Å²) in [6, 6.07) is 5.79. The Labute approximate surface area is 160 Å². The van der Waals surface area contributed by atoms with Crippen LogP contribution in [-0.4, -0.2) is 39.8 Å². The van der Waals surface area contributed by atoms with E-state index in [4.69, 9.17) is 22.8 Å². The average molecular weight is 385 g/mol. The molecule has 0 saturated carbocycles. The Hall–Kier alpha value is -1.08. The van der Waals surface area contributed by atoms with Gasteiger partial charge in [0.1, 0.15) is 22.7 Å². The Bertz CT molecular complexity index is 543. The van der Waals surface area contributed by atoms with E-state index in [2.05, 4.69) is 0 Å². The lowest BCUT2D eigenvalue weighted by molar-refractivity contribution is 0.0827. The van der Waals surface area contributed by atoms with Crippen LogP contribution in [-0.2, 0) is 13.3 Å². The maximum absolute atomic E-state index is 6.25. The molecule has 5 nitrogen and oxygen atoms in total. The van der Waals surface area contributed by atoms with Crippen LogP contribution in [0.4, 0.5) is 0 Å². The molecule has 0 aliphatic carbocycles. The summed E-state index contributed by atoms with van der Waals surface area (Å²) in [5, 5.41) is 0.833. The molecule has 0 aromatic heterocycles. The van der Waals surface area contributed by atoms with E-state index in [1.54, 1.807) is 0 Å². The molecule has 1 rings (SSSR count). The van der Waals surface area contributed by atoms with Crippen molar-refractivity contribution in [2.45, 2.75) is 73.5 Å². The van der Waals surface area contributed by atoms with E-state index < -0.39 is 8.80 Å². The minimum Gasteiger partial charge on any atom is -0.488 e. The summed E-state index contributed by atoms with van der Waals surface area (Å²) in [6.07, 6.45) is 0. The van der Waals surface area contributed by atoms with Gasteiger partial charge in [-0.25, -0.2) is 0 Å². The van der Waals surface area contributed by atoms with Crippen molar-refractivity contribution in [1.82, 2.24) is 0 Å². The van der Waals surface area contributed by atoms with Crippen molar-refractivity contribution >= 4 is 14.0 Å². The maximum atomic E-state index is 6.25. The number of ether oxygens (including phenoxy) is 2. The third-order valence-corrected chi connectivity index (χ3v) is 6.21. The van der Waals surface area contributed by atoms with Gasteiger partial charge in [-0.05, 0) is 74.4 Å². The lowest BCUT2D eigenvalue weighted by Gasteiger charge is -2.32. The Morgan fingerprint density at radius 3 is 1.58 bits per heavy atom. The van der Waals surface area contributed by atoms with Crippen molar-refractivity contribution in [3.63, 3.8) is 0 Å². The molecule has 150 valence electrons. The summed E-state index contributed by atoms with van der Waals surface area (Å²) in [5.41, 5.74) is -0.672. The first-order chi connectivity index (χ1) is 12.0. The summed E-state index contributed by atoms with van der Waals surface area (Å²) in [7, 11) is -3.08. The molecule has 0 atom stereocenters. The van der Waals surface area contributed by atoms with Gasteiger partial charge in [-0.15, -0.1) is 0 Å². The summed E-state index contributed by atoms with van der Waals surface area (Å²) in [5.74, 6) is 1.43. The van der Waals surface area contributed by atoms with Crippen molar-refractivity contribution in [2.24, 2.45) is 0 Å². The Morgan fingerprint density at radius 2 is 1.19 bits per heavy atom. The number of benzene rings is 1. The van der Waals surface area contributed by atoms with Crippen LogP contribution < -0.4 is 14.7 Å². The molecule has 0 heterocycles. The molecule has 6 heteroatoms. The predicted octanol–water partition coefficient (Wildman–Crippen LogP) is 4.30. The molecule has 1 aromatic rings. The monoisotopic (exact) mass is 384 g/mol. The number of rotatable bonds is 9. The highest BCUT2D eigenvalue weighted by Gasteiger charge is 2.46. The molecule has 1 aromatic carbocycles. The van der Waals surface area contributed by atoms with Gasteiger partial charge in [-0.3, -0.25) is 0 Å². The van der Waals surface area contributed by atoms with Crippen LogP contribution in [0.3, 0.4) is 0 Å². The SMILES string of the molecule is CCO[Si](OCC)(OCC)c1ccc(OC(C)(C)C)cc1OC(C)(C)C. The summed E-state index contributed by atoms with van der Waals surface area (Å²) in [6.45, 7) is 19.4. The molecule has 0 radical (unpaired) electrons. The molecular formula is C20H36O5Si. The normalized spacial score (nSPS) is 13.0. The largest absolute Gasteiger partial charge is 0.541 e. The summed E-state index contributed by atoms with van der Waals surface area (Å²) < 4.78 is 30.5. The average Bonchev–Trinajstić information content (AvgIpc) is 2.44. The molecule has 0 N–H and O–H groups in total. The second-order valence-corrected chi connectivity index (χ2v) is 10.5. The zero-order valence-corrected chi connectivity index (χ0v) is 18.9. The zero-order valence-electron chi connectivity index (χ0n) is 17.9. The molecule has 0 amide bonds. The molecule has 0 bridgehead atoms. The second-order valence-electron chi connectivity index (χ2n) is 7.94. The van der Waals surface area contributed by atoms with Crippen molar-refractivity contribution in [3.8, 4) is 11.5 Å². The van der Waals surface area contributed by atoms with Crippen molar-refractivity contribution in [2.75, 3.05) is 19.8 Å². The van der Waals surface area contributed by atoms with Crippen LogP contribution >= 0.6 is 0 Å². The van der Waals surface area contributed by atoms with E-state index in [0.717, 1.165) is 10.9 Å². The minimum absolute atomic E-state index is 0.297. The van der Waals surface area contributed by atoms with Gasteiger partial charge in [0.05, 0.1) is 5.19 Å². The van der Waals surface area contributed by atoms with E-state index in [1.165, 1.54) is 0 Å². The van der Waals surface area contributed by atoms with Crippen LogP contribution in [0.1, 0.15) is 62.3 Å². The van der Waals surface area contributed by atoms with Crippen LogP contribution in [0.5, 0.6) is 11.5 Å². The highest BCUT2D eigenvalue weighted by atomic mass is 28.4. The van der Waals surface area contributed by atoms with Gasteiger partial charge >= 0.3 is 8.80 Å².